The lowest BCUT2D eigenvalue weighted by Gasteiger charge is -2.32. The van der Waals surface area contributed by atoms with E-state index >= 15 is 0 Å². The molecule has 0 spiro atoms. The summed E-state index contributed by atoms with van der Waals surface area (Å²) in [7, 11) is 0. The predicted molar refractivity (Wildman–Crippen MR) is 100 cm³/mol. The summed E-state index contributed by atoms with van der Waals surface area (Å²) < 4.78 is 5.39. The van der Waals surface area contributed by atoms with E-state index in [0.29, 0.717) is 24.3 Å². The molecule has 26 heavy (non-hydrogen) atoms. The molecule has 1 aromatic rings. The van der Waals surface area contributed by atoms with Crippen molar-refractivity contribution in [3.8, 4) is 0 Å². The average molecular weight is 356 g/mol. The van der Waals surface area contributed by atoms with Crippen molar-refractivity contribution in [2.75, 3.05) is 13.2 Å². The number of carbonyl (C=O) groups is 1. The summed E-state index contributed by atoms with van der Waals surface area (Å²) in [5.74, 6) is -0.323. The maximum Gasteiger partial charge on any atom is 0.252 e. The molecule has 6 nitrogen and oxygen atoms in total. The van der Waals surface area contributed by atoms with Crippen molar-refractivity contribution in [3.05, 3.63) is 73.1 Å². The van der Waals surface area contributed by atoms with Crippen LogP contribution in [0, 0.1) is 0 Å². The topological polar surface area (TPSA) is 91.7 Å². The summed E-state index contributed by atoms with van der Waals surface area (Å²) in [6, 6.07) is 3.41. The van der Waals surface area contributed by atoms with Crippen molar-refractivity contribution in [1.82, 2.24) is 10.3 Å². The molecule has 1 saturated heterocycles. The smallest absolute Gasteiger partial charge is 0.252 e. The zero-order valence-electron chi connectivity index (χ0n) is 14.5. The fourth-order valence-corrected chi connectivity index (χ4v) is 2.56. The van der Waals surface area contributed by atoms with Crippen LogP contribution in [0.5, 0.6) is 0 Å². The molecule has 1 aliphatic rings. The van der Waals surface area contributed by atoms with Gasteiger partial charge < -0.3 is 20.3 Å². The minimum absolute atomic E-state index is 0.114. The highest BCUT2D eigenvalue weighted by molar-refractivity contribution is 5.94. The van der Waals surface area contributed by atoms with Crippen LogP contribution in [-0.4, -0.2) is 52.6 Å². The molecule has 1 fully saturated rings. The molecule has 3 unspecified atom stereocenters. The predicted octanol–water partition coefficient (Wildman–Crippen LogP) is 1.63. The third-order valence-electron chi connectivity index (χ3n) is 4.02. The molecule has 2 heterocycles. The SMILES string of the molecule is C=C/C=C\C(=C/C=C)c1ccc(C(=O)NCC2OCCC(O)C2O)cn1. The van der Waals surface area contributed by atoms with Crippen molar-refractivity contribution in [3.63, 3.8) is 0 Å². The molecule has 1 amide bonds. The highest BCUT2D eigenvalue weighted by Crippen LogP contribution is 2.16. The zero-order valence-corrected chi connectivity index (χ0v) is 14.5. The van der Waals surface area contributed by atoms with E-state index < -0.39 is 18.3 Å². The highest BCUT2D eigenvalue weighted by atomic mass is 16.5. The number of amides is 1. The fraction of sp³-hybridized carbons (Fsp3) is 0.300. The van der Waals surface area contributed by atoms with Crippen LogP contribution in [-0.2, 0) is 4.74 Å². The standard InChI is InChI=1S/C20H24N2O4/c1-3-5-7-14(6-4-2)16-9-8-15(12-21-16)20(25)22-13-18-19(24)17(23)10-11-26-18/h3-9,12,17-19,23-24H,1-2,10-11,13H2,(H,22,25)/b7-5-,14-6+. The minimum Gasteiger partial charge on any atom is -0.390 e. The number of rotatable bonds is 7. The van der Waals surface area contributed by atoms with Gasteiger partial charge in [-0.2, -0.15) is 0 Å². The second-order valence-electron chi connectivity index (χ2n) is 5.85. The van der Waals surface area contributed by atoms with Gasteiger partial charge in [0.25, 0.3) is 5.91 Å². The molecule has 3 N–H and O–H groups in total. The quantitative estimate of drug-likeness (QED) is 0.646. The number of pyridine rings is 1. The van der Waals surface area contributed by atoms with E-state index in [4.69, 9.17) is 4.74 Å². The lowest BCUT2D eigenvalue weighted by Crippen LogP contribution is -2.49. The maximum atomic E-state index is 12.2. The lowest BCUT2D eigenvalue weighted by molar-refractivity contribution is -0.132. The van der Waals surface area contributed by atoms with E-state index in [0.717, 1.165) is 5.57 Å². The van der Waals surface area contributed by atoms with E-state index in [2.05, 4.69) is 23.5 Å². The molecular formula is C20H24N2O4. The van der Waals surface area contributed by atoms with E-state index in [1.54, 1.807) is 30.4 Å². The summed E-state index contributed by atoms with van der Waals surface area (Å²) in [6.45, 7) is 7.78. The van der Waals surface area contributed by atoms with Gasteiger partial charge in [-0.25, -0.2) is 0 Å². The number of ether oxygens (including phenoxy) is 1. The summed E-state index contributed by atoms with van der Waals surface area (Å²) in [5.41, 5.74) is 1.94. The van der Waals surface area contributed by atoms with Crippen LogP contribution >= 0.6 is 0 Å². The lowest BCUT2D eigenvalue weighted by atomic mass is 10.0. The Hall–Kier alpha value is -2.54. The van der Waals surface area contributed by atoms with Crippen LogP contribution in [0.15, 0.2) is 61.9 Å². The number of allylic oxidation sites excluding steroid dienone is 6. The normalized spacial score (nSPS) is 23.6. The van der Waals surface area contributed by atoms with Crippen LogP contribution in [0.25, 0.3) is 5.57 Å². The van der Waals surface area contributed by atoms with Gasteiger partial charge >= 0.3 is 0 Å². The third kappa shape index (κ3) is 5.23. The zero-order chi connectivity index (χ0) is 18.9. The molecule has 2 rings (SSSR count). The van der Waals surface area contributed by atoms with E-state index in [1.807, 2.05) is 12.2 Å². The second kappa shape index (κ2) is 9.82. The molecular weight excluding hydrogens is 332 g/mol. The van der Waals surface area contributed by atoms with Gasteiger partial charge in [0.2, 0.25) is 0 Å². The van der Waals surface area contributed by atoms with Gasteiger partial charge in [-0.1, -0.05) is 43.5 Å². The number of nitrogens with zero attached hydrogens (tertiary/aromatic N) is 1. The summed E-state index contributed by atoms with van der Waals surface area (Å²) >= 11 is 0. The molecule has 0 aliphatic carbocycles. The minimum atomic E-state index is -1.01. The van der Waals surface area contributed by atoms with Crippen molar-refractivity contribution in [1.29, 1.82) is 0 Å². The van der Waals surface area contributed by atoms with E-state index in [9.17, 15) is 15.0 Å². The number of hydrogen-bond donors (Lipinski definition) is 3. The van der Waals surface area contributed by atoms with Crippen molar-refractivity contribution in [2.24, 2.45) is 0 Å². The number of nitrogens with one attached hydrogen (secondary N) is 1. The third-order valence-corrected chi connectivity index (χ3v) is 4.02. The molecule has 1 aromatic heterocycles. The maximum absolute atomic E-state index is 12.2. The molecule has 138 valence electrons. The summed E-state index contributed by atoms with van der Waals surface area (Å²) in [4.78, 5) is 16.6. The first-order valence-corrected chi connectivity index (χ1v) is 8.41. The van der Waals surface area contributed by atoms with Gasteiger partial charge in [-0.3, -0.25) is 9.78 Å². The van der Waals surface area contributed by atoms with Crippen molar-refractivity contribution < 1.29 is 19.7 Å². The van der Waals surface area contributed by atoms with Crippen LogP contribution in [0.2, 0.25) is 0 Å². The fourth-order valence-electron chi connectivity index (χ4n) is 2.56. The average Bonchev–Trinajstić information content (AvgIpc) is 2.66. The largest absolute Gasteiger partial charge is 0.390 e. The monoisotopic (exact) mass is 356 g/mol. The van der Waals surface area contributed by atoms with E-state index in [1.165, 1.54) is 6.20 Å². The first kappa shape index (κ1) is 19.8. The van der Waals surface area contributed by atoms with Gasteiger partial charge in [0.05, 0.1) is 17.4 Å². The first-order chi connectivity index (χ1) is 12.6. The van der Waals surface area contributed by atoms with Gasteiger partial charge in [-0.05, 0) is 18.6 Å². The van der Waals surface area contributed by atoms with E-state index in [-0.39, 0.29) is 12.5 Å². The molecule has 6 heteroatoms. The Labute approximate surface area is 153 Å². The summed E-state index contributed by atoms with van der Waals surface area (Å²) in [5, 5.41) is 22.2. The Kier molecular flexibility index (Phi) is 7.47. The number of aliphatic hydroxyl groups excluding tert-OH is 2. The molecule has 1 aliphatic heterocycles. The molecule has 0 saturated carbocycles. The number of aliphatic hydroxyl groups is 2. The Morgan fingerprint density at radius 2 is 2.15 bits per heavy atom. The summed E-state index contributed by atoms with van der Waals surface area (Å²) in [6.07, 6.45) is 8.19. The van der Waals surface area contributed by atoms with Gasteiger partial charge in [-0.15, -0.1) is 0 Å². The molecule has 3 atom stereocenters. The highest BCUT2D eigenvalue weighted by Gasteiger charge is 2.31. The molecule has 0 radical (unpaired) electrons. The van der Waals surface area contributed by atoms with Crippen LogP contribution in [0.4, 0.5) is 0 Å². The van der Waals surface area contributed by atoms with Gasteiger partial charge in [0.15, 0.2) is 0 Å². The first-order valence-electron chi connectivity index (χ1n) is 8.41. The second-order valence-corrected chi connectivity index (χ2v) is 5.85. The van der Waals surface area contributed by atoms with Crippen molar-refractivity contribution in [2.45, 2.75) is 24.7 Å². The number of aromatic nitrogens is 1. The number of hydrogen-bond acceptors (Lipinski definition) is 5. The van der Waals surface area contributed by atoms with Crippen LogP contribution in [0.3, 0.4) is 0 Å². The van der Waals surface area contributed by atoms with Crippen LogP contribution < -0.4 is 5.32 Å². The van der Waals surface area contributed by atoms with Crippen LogP contribution in [0.1, 0.15) is 22.5 Å². The Morgan fingerprint density at radius 3 is 2.81 bits per heavy atom. The Balaban J connectivity index is 1.99. The Bertz CT molecular complexity index is 694. The van der Waals surface area contributed by atoms with Gasteiger partial charge in [0, 0.05) is 24.9 Å². The number of carbonyl (C=O) groups excluding carboxylic acids is 1. The molecule has 0 bridgehead atoms. The van der Waals surface area contributed by atoms with Gasteiger partial charge in [0.1, 0.15) is 12.2 Å². The Morgan fingerprint density at radius 1 is 1.35 bits per heavy atom. The molecule has 0 aromatic carbocycles. The van der Waals surface area contributed by atoms with Crippen molar-refractivity contribution >= 4 is 11.5 Å².